The Morgan fingerprint density at radius 2 is 1.49 bits per heavy atom. The molecule has 5 heteroatoms. The quantitative estimate of drug-likeness (QED) is 0.627. The minimum atomic E-state index is -1.08. The third-order valence-electron chi connectivity index (χ3n) is 5.68. The number of hydrogen-bond acceptors (Lipinski definition) is 4. The number of hydrogen-bond donors (Lipinski definition) is 0. The van der Waals surface area contributed by atoms with Crippen molar-refractivity contribution in [1.82, 2.24) is 0 Å². The van der Waals surface area contributed by atoms with Gasteiger partial charge >= 0.3 is 0 Å². The molecule has 4 rings (SSSR count). The number of ether oxygens (including phenoxy) is 1. The molecular weight excluding hydrogens is 436 g/mol. The Balaban J connectivity index is 0.000000795. The fraction of sp³-hybridized carbons (Fsp3) is 0.267. The molecule has 0 unspecified atom stereocenters. The lowest BCUT2D eigenvalue weighted by molar-refractivity contribution is -0.462. The molecule has 2 aromatic carbocycles. The SMILES string of the molecule is CC(=O)[O-].CN(C)c1ccc(C(=C2C=CC(=[N+](C)C)C=C2)c2ccc3c(c2)C=CC(C)(C)O3)cc1. The van der Waals surface area contributed by atoms with E-state index < -0.39 is 5.97 Å². The van der Waals surface area contributed by atoms with Crippen LogP contribution in [0.25, 0.3) is 11.6 Å². The van der Waals surface area contributed by atoms with Gasteiger partial charge in [-0.2, -0.15) is 0 Å². The van der Waals surface area contributed by atoms with Gasteiger partial charge in [-0.05, 0) is 85.5 Å². The minimum Gasteiger partial charge on any atom is -0.550 e. The summed E-state index contributed by atoms with van der Waals surface area (Å²) in [5, 5.41) is 8.89. The fourth-order valence-electron chi connectivity index (χ4n) is 3.89. The number of aliphatic carboxylic acids is 1. The van der Waals surface area contributed by atoms with E-state index in [0.29, 0.717) is 0 Å². The second-order valence-corrected chi connectivity index (χ2v) is 9.54. The number of carbonyl (C=O) groups excluding carboxylic acids is 1. The van der Waals surface area contributed by atoms with Gasteiger partial charge in [-0.3, -0.25) is 0 Å². The first-order chi connectivity index (χ1) is 16.5. The van der Waals surface area contributed by atoms with Crippen LogP contribution in [0, 0.1) is 0 Å². The predicted octanol–water partition coefficient (Wildman–Crippen LogP) is 4.33. The maximum Gasteiger partial charge on any atom is 0.199 e. The van der Waals surface area contributed by atoms with Crippen LogP contribution in [-0.4, -0.2) is 50.0 Å². The summed E-state index contributed by atoms with van der Waals surface area (Å²) in [5.41, 5.74) is 8.02. The molecule has 182 valence electrons. The van der Waals surface area contributed by atoms with Gasteiger partial charge in [0.15, 0.2) is 5.71 Å². The number of rotatable bonds is 3. The Hall–Kier alpha value is -3.86. The third-order valence-corrected chi connectivity index (χ3v) is 5.68. The zero-order valence-electron chi connectivity index (χ0n) is 21.6. The lowest BCUT2D eigenvalue weighted by Gasteiger charge is -2.28. The Bertz CT molecular complexity index is 1230. The number of anilines is 1. The van der Waals surface area contributed by atoms with Crippen LogP contribution in [0.4, 0.5) is 5.69 Å². The van der Waals surface area contributed by atoms with Crippen molar-refractivity contribution < 1.29 is 19.2 Å². The van der Waals surface area contributed by atoms with Gasteiger partial charge in [-0.25, -0.2) is 4.58 Å². The predicted molar refractivity (Wildman–Crippen MR) is 143 cm³/mol. The van der Waals surface area contributed by atoms with Crippen LogP contribution in [0.15, 0.2) is 78.4 Å². The molecule has 1 aliphatic carbocycles. The zero-order valence-corrected chi connectivity index (χ0v) is 21.6. The highest BCUT2D eigenvalue weighted by Crippen LogP contribution is 2.36. The van der Waals surface area contributed by atoms with Crippen LogP contribution in [0.2, 0.25) is 0 Å². The maximum absolute atomic E-state index is 8.89. The largest absolute Gasteiger partial charge is 0.550 e. The lowest BCUT2D eigenvalue weighted by Crippen LogP contribution is -2.27. The Kier molecular flexibility index (Phi) is 7.80. The first kappa shape index (κ1) is 25.8. The molecule has 1 heterocycles. The highest BCUT2D eigenvalue weighted by Gasteiger charge is 2.22. The highest BCUT2D eigenvalue weighted by atomic mass is 16.5. The van der Waals surface area contributed by atoms with Gasteiger partial charge in [0.1, 0.15) is 25.4 Å². The van der Waals surface area contributed by atoms with Crippen LogP contribution < -0.4 is 14.7 Å². The van der Waals surface area contributed by atoms with E-state index in [1.165, 1.54) is 33.7 Å². The average molecular weight is 471 g/mol. The Morgan fingerprint density at radius 1 is 0.914 bits per heavy atom. The summed E-state index contributed by atoms with van der Waals surface area (Å²) in [6.45, 7) is 5.13. The van der Waals surface area contributed by atoms with E-state index >= 15 is 0 Å². The second kappa shape index (κ2) is 10.6. The van der Waals surface area contributed by atoms with Crippen molar-refractivity contribution in [1.29, 1.82) is 0 Å². The molecule has 1 aliphatic heterocycles. The number of fused-ring (bicyclic) bond motifs is 1. The van der Waals surface area contributed by atoms with Crippen LogP contribution in [-0.2, 0) is 4.79 Å². The van der Waals surface area contributed by atoms with Gasteiger partial charge in [-0.1, -0.05) is 24.3 Å². The fourth-order valence-corrected chi connectivity index (χ4v) is 3.89. The van der Waals surface area contributed by atoms with Gasteiger partial charge in [0.2, 0.25) is 0 Å². The van der Waals surface area contributed by atoms with Gasteiger partial charge in [0, 0.05) is 43.5 Å². The second-order valence-electron chi connectivity index (χ2n) is 9.54. The Labute approximate surface area is 208 Å². The molecule has 0 N–H and O–H groups in total. The minimum absolute atomic E-state index is 0.273. The summed E-state index contributed by atoms with van der Waals surface area (Å²) in [5.74, 6) is -0.151. The topological polar surface area (TPSA) is 55.6 Å². The lowest BCUT2D eigenvalue weighted by atomic mass is 9.89. The van der Waals surface area contributed by atoms with Crippen molar-refractivity contribution in [2.75, 3.05) is 33.1 Å². The van der Waals surface area contributed by atoms with Crippen molar-refractivity contribution in [2.24, 2.45) is 0 Å². The summed E-state index contributed by atoms with van der Waals surface area (Å²) < 4.78 is 8.27. The number of nitrogens with zero attached hydrogens (tertiary/aromatic N) is 2. The summed E-state index contributed by atoms with van der Waals surface area (Å²) >= 11 is 0. The number of carboxylic acids is 1. The molecular formula is C30H34N2O3. The molecule has 0 bridgehead atoms. The van der Waals surface area contributed by atoms with Crippen LogP contribution in [0.1, 0.15) is 37.5 Å². The summed E-state index contributed by atoms with van der Waals surface area (Å²) in [6.07, 6.45) is 13.1. The van der Waals surface area contributed by atoms with E-state index in [1.54, 1.807) is 0 Å². The molecule has 35 heavy (non-hydrogen) atoms. The zero-order chi connectivity index (χ0) is 25.8. The van der Waals surface area contributed by atoms with Crippen LogP contribution in [0.3, 0.4) is 0 Å². The number of carbonyl (C=O) groups is 1. The van der Waals surface area contributed by atoms with E-state index in [2.05, 4.69) is 130 Å². The monoisotopic (exact) mass is 470 g/mol. The van der Waals surface area contributed by atoms with Crippen molar-refractivity contribution in [3.05, 3.63) is 95.1 Å². The normalized spacial score (nSPS) is 14.9. The first-order valence-corrected chi connectivity index (χ1v) is 11.6. The van der Waals surface area contributed by atoms with Crippen LogP contribution in [0.5, 0.6) is 5.75 Å². The van der Waals surface area contributed by atoms with Crippen LogP contribution >= 0.6 is 0 Å². The number of allylic oxidation sites excluding steroid dienone is 5. The molecule has 2 aromatic rings. The number of carboxylic acid groups (broad SMARTS) is 1. The number of benzene rings is 2. The molecule has 2 aliphatic rings. The Morgan fingerprint density at radius 3 is 2.03 bits per heavy atom. The van der Waals surface area contributed by atoms with E-state index in [-0.39, 0.29) is 5.60 Å². The third kappa shape index (κ3) is 6.60. The highest BCUT2D eigenvalue weighted by molar-refractivity contribution is 6.04. The van der Waals surface area contributed by atoms with E-state index in [9.17, 15) is 0 Å². The maximum atomic E-state index is 8.89. The molecule has 0 saturated carbocycles. The molecule has 0 spiro atoms. The van der Waals surface area contributed by atoms with Crippen molar-refractivity contribution in [3.63, 3.8) is 0 Å². The molecule has 0 atom stereocenters. The average Bonchev–Trinajstić information content (AvgIpc) is 2.79. The van der Waals surface area contributed by atoms with Gasteiger partial charge in [0.05, 0.1) is 0 Å². The van der Waals surface area contributed by atoms with Gasteiger partial charge in [0.25, 0.3) is 0 Å². The van der Waals surface area contributed by atoms with Gasteiger partial charge < -0.3 is 19.5 Å². The summed E-state index contributed by atoms with van der Waals surface area (Å²) in [6, 6.07) is 15.3. The van der Waals surface area contributed by atoms with Crippen molar-refractivity contribution in [3.8, 4) is 5.75 Å². The van der Waals surface area contributed by atoms with Crippen molar-refractivity contribution in [2.45, 2.75) is 26.4 Å². The standard InChI is InChI=1S/C28H31N2O.C2H4O2/c1-28(2)18-17-22-19-23(11-16-26(22)31-28)27(20-7-12-24(13-8-20)29(3)4)21-9-14-25(15-10-21)30(5)6;1-2(3)4/h7-19H,1-6H3;1H3,(H,3,4)/q+1;/p-1. The van der Waals surface area contributed by atoms with E-state index in [4.69, 9.17) is 14.6 Å². The molecule has 5 nitrogen and oxygen atoms in total. The van der Waals surface area contributed by atoms with E-state index in [0.717, 1.165) is 18.2 Å². The van der Waals surface area contributed by atoms with Crippen molar-refractivity contribution >= 4 is 29.0 Å². The molecule has 0 aromatic heterocycles. The smallest absolute Gasteiger partial charge is 0.199 e. The summed E-state index contributed by atoms with van der Waals surface area (Å²) in [4.78, 5) is 11.0. The molecule has 0 amide bonds. The summed E-state index contributed by atoms with van der Waals surface area (Å²) in [7, 11) is 8.27. The molecule has 0 radical (unpaired) electrons. The molecule has 0 fully saturated rings. The van der Waals surface area contributed by atoms with E-state index in [1.807, 2.05) is 0 Å². The first-order valence-electron chi connectivity index (χ1n) is 11.6. The van der Waals surface area contributed by atoms with Gasteiger partial charge in [-0.15, -0.1) is 0 Å². The molecule has 0 saturated heterocycles.